The first-order valence-electron chi connectivity index (χ1n) is 8.01. The molecule has 24 heavy (non-hydrogen) atoms. The minimum Gasteiger partial charge on any atom is -0.462 e. The lowest BCUT2D eigenvalue weighted by atomic mass is 10.1. The molecule has 0 spiro atoms. The Kier molecular flexibility index (Phi) is 5.73. The highest BCUT2D eigenvalue weighted by Gasteiger charge is 2.31. The van der Waals surface area contributed by atoms with Gasteiger partial charge in [-0.25, -0.2) is 9.59 Å². The molecule has 0 saturated heterocycles. The highest BCUT2D eigenvalue weighted by atomic mass is 16.5. The third kappa shape index (κ3) is 3.32. The number of hydrogen-bond donors (Lipinski definition) is 0. The van der Waals surface area contributed by atoms with E-state index in [0.717, 1.165) is 0 Å². The Morgan fingerprint density at radius 3 is 2.08 bits per heavy atom. The molecule has 128 valence electrons. The number of carbonyl (C=O) groups excluding carboxylic acids is 3. The van der Waals surface area contributed by atoms with Gasteiger partial charge in [-0.15, -0.1) is 0 Å². The van der Waals surface area contributed by atoms with Crippen molar-refractivity contribution in [3.63, 3.8) is 0 Å². The molecular formula is C18H21NO5. The Balaban J connectivity index is 2.69. The Morgan fingerprint density at radius 1 is 0.958 bits per heavy atom. The van der Waals surface area contributed by atoms with Gasteiger partial charge >= 0.3 is 11.9 Å². The summed E-state index contributed by atoms with van der Waals surface area (Å²) in [6, 6.07) is 5.13. The molecule has 0 amide bonds. The van der Waals surface area contributed by atoms with Gasteiger partial charge in [0.15, 0.2) is 5.78 Å². The average molecular weight is 331 g/mol. The zero-order valence-corrected chi connectivity index (χ0v) is 14.1. The molecule has 0 aromatic carbocycles. The number of fused-ring (bicyclic) bond motifs is 1. The van der Waals surface area contributed by atoms with Crippen molar-refractivity contribution in [1.82, 2.24) is 4.40 Å². The summed E-state index contributed by atoms with van der Waals surface area (Å²) >= 11 is 0. The minimum absolute atomic E-state index is 0.0248. The standard InChI is InChI=1S/C18H21NO5/c1-4-10-23-17(21)14-13-8-6-7-9-19(13)16(12(3)20)15(14)18(22)24-11-5-2/h6-9H,4-5,10-11H2,1-3H3. The monoisotopic (exact) mass is 331 g/mol. The van der Waals surface area contributed by atoms with Gasteiger partial charge in [-0.05, 0) is 25.0 Å². The van der Waals surface area contributed by atoms with Crippen molar-refractivity contribution in [2.75, 3.05) is 13.2 Å². The Labute approximate surface area is 140 Å². The number of esters is 2. The summed E-state index contributed by atoms with van der Waals surface area (Å²) < 4.78 is 11.9. The largest absolute Gasteiger partial charge is 0.462 e. The van der Waals surface area contributed by atoms with Gasteiger partial charge in [-0.3, -0.25) is 4.79 Å². The van der Waals surface area contributed by atoms with Gasteiger partial charge in [0, 0.05) is 13.1 Å². The Hall–Kier alpha value is -2.63. The lowest BCUT2D eigenvalue weighted by Crippen LogP contribution is -2.16. The van der Waals surface area contributed by atoms with Crippen molar-refractivity contribution in [3.8, 4) is 0 Å². The van der Waals surface area contributed by atoms with Crippen LogP contribution in [0.2, 0.25) is 0 Å². The highest BCUT2D eigenvalue weighted by Crippen LogP contribution is 2.26. The third-order valence-corrected chi connectivity index (χ3v) is 3.46. The number of pyridine rings is 1. The van der Waals surface area contributed by atoms with Crippen molar-refractivity contribution in [2.45, 2.75) is 33.6 Å². The number of aromatic nitrogens is 1. The predicted molar refractivity (Wildman–Crippen MR) is 88.5 cm³/mol. The lowest BCUT2D eigenvalue weighted by Gasteiger charge is -2.07. The predicted octanol–water partition coefficient (Wildman–Crippen LogP) is 3.28. The fraction of sp³-hybridized carbons (Fsp3) is 0.389. The van der Waals surface area contributed by atoms with Gasteiger partial charge < -0.3 is 13.9 Å². The Bertz CT molecular complexity index is 775. The molecule has 2 heterocycles. The van der Waals surface area contributed by atoms with Crippen molar-refractivity contribution >= 4 is 23.2 Å². The molecule has 0 aliphatic rings. The molecule has 0 unspecified atom stereocenters. The van der Waals surface area contributed by atoms with Gasteiger partial charge in [-0.1, -0.05) is 19.9 Å². The maximum Gasteiger partial charge on any atom is 0.341 e. The number of Topliss-reactive ketones (excluding diaryl/α,β-unsaturated/α-hetero) is 1. The lowest BCUT2D eigenvalue weighted by molar-refractivity contribution is 0.0459. The molecule has 2 aromatic rings. The smallest absolute Gasteiger partial charge is 0.341 e. The third-order valence-electron chi connectivity index (χ3n) is 3.46. The van der Waals surface area contributed by atoms with Crippen LogP contribution in [0, 0.1) is 0 Å². The fourth-order valence-corrected chi connectivity index (χ4v) is 2.49. The van der Waals surface area contributed by atoms with Crippen LogP contribution in [0.4, 0.5) is 0 Å². The second kappa shape index (κ2) is 7.77. The molecule has 0 radical (unpaired) electrons. The first-order valence-corrected chi connectivity index (χ1v) is 8.01. The fourth-order valence-electron chi connectivity index (χ4n) is 2.49. The van der Waals surface area contributed by atoms with Crippen LogP contribution >= 0.6 is 0 Å². The molecule has 0 aliphatic heterocycles. The van der Waals surface area contributed by atoms with E-state index in [2.05, 4.69) is 0 Å². The van der Waals surface area contributed by atoms with Crippen LogP contribution in [-0.4, -0.2) is 35.3 Å². The van der Waals surface area contributed by atoms with E-state index in [4.69, 9.17) is 9.47 Å². The highest BCUT2D eigenvalue weighted by molar-refractivity contribution is 6.15. The SMILES string of the molecule is CCCOC(=O)c1c(C(=O)OCCC)c2ccccn2c1C(C)=O. The topological polar surface area (TPSA) is 74.1 Å². The second-order valence-corrected chi connectivity index (χ2v) is 5.38. The van der Waals surface area contributed by atoms with Crippen molar-refractivity contribution in [3.05, 3.63) is 41.2 Å². The van der Waals surface area contributed by atoms with Crippen LogP contribution in [0.1, 0.15) is 64.8 Å². The van der Waals surface area contributed by atoms with E-state index in [9.17, 15) is 14.4 Å². The zero-order chi connectivity index (χ0) is 17.7. The summed E-state index contributed by atoms with van der Waals surface area (Å²) in [7, 11) is 0. The van der Waals surface area contributed by atoms with Crippen LogP contribution in [0.25, 0.3) is 5.52 Å². The van der Waals surface area contributed by atoms with Gasteiger partial charge in [0.1, 0.15) is 16.8 Å². The van der Waals surface area contributed by atoms with Crippen LogP contribution in [0.5, 0.6) is 0 Å². The van der Waals surface area contributed by atoms with Gasteiger partial charge in [0.2, 0.25) is 0 Å². The van der Waals surface area contributed by atoms with Crippen molar-refractivity contribution < 1.29 is 23.9 Å². The van der Waals surface area contributed by atoms with E-state index >= 15 is 0 Å². The van der Waals surface area contributed by atoms with E-state index in [1.807, 2.05) is 13.8 Å². The summed E-state index contributed by atoms with van der Waals surface area (Å²) in [5, 5.41) is 0. The number of hydrogen-bond acceptors (Lipinski definition) is 5. The molecular weight excluding hydrogens is 310 g/mol. The van der Waals surface area contributed by atoms with E-state index in [0.29, 0.717) is 18.4 Å². The molecule has 0 atom stereocenters. The maximum atomic E-state index is 12.5. The van der Waals surface area contributed by atoms with Crippen molar-refractivity contribution in [1.29, 1.82) is 0 Å². The van der Waals surface area contributed by atoms with Gasteiger partial charge in [0.25, 0.3) is 0 Å². The van der Waals surface area contributed by atoms with E-state index in [1.165, 1.54) is 11.3 Å². The van der Waals surface area contributed by atoms with Gasteiger partial charge in [-0.2, -0.15) is 0 Å². The van der Waals surface area contributed by atoms with Gasteiger partial charge in [0.05, 0.1) is 18.7 Å². The van der Waals surface area contributed by atoms with Crippen LogP contribution in [0.15, 0.2) is 24.4 Å². The number of ketones is 1. The molecule has 0 fully saturated rings. The summed E-state index contributed by atoms with van der Waals surface area (Å²) in [4.78, 5) is 37.1. The summed E-state index contributed by atoms with van der Waals surface area (Å²) in [6.45, 7) is 5.55. The van der Waals surface area contributed by atoms with E-state index in [-0.39, 0.29) is 35.8 Å². The molecule has 0 bridgehead atoms. The van der Waals surface area contributed by atoms with Crippen LogP contribution in [-0.2, 0) is 9.47 Å². The summed E-state index contributed by atoms with van der Waals surface area (Å²) in [6.07, 6.45) is 2.94. The zero-order valence-electron chi connectivity index (χ0n) is 14.1. The van der Waals surface area contributed by atoms with Crippen LogP contribution in [0.3, 0.4) is 0 Å². The molecule has 0 aliphatic carbocycles. The summed E-state index contributed by atoms with van der Waals surface area (Å²) in [5.74, 6) is -1.64. The second-order valence-electron chi connectivity index (χ2n) is 5.38. The van der Waals surface area contributed by atoms with E-state index in [1.54, 1.807) is 24.4 Å². The van der Waals surface area contributed by atoms with Crippen LogP contribution < -0.4 is 0 Å². The molecule has 0 saturated carbocycles. The number of ether oxygens (including phenoxy) is 2. The quantitative estimate of drug-likeness (QED) is 0.575. The minimum atomic E-state index is -0.686. The molecule has 6 heteroatoms. The number of rotatable bonds is 7. The first-order chi connectivity index (χ1) is 11.5. The van der Waals surface area contributed by atoms with Crippen molar-refractivity contribution in [2.24, 2.45) is 0 Å². The molecule has 0 N–H and O–H groups in total. The normalized spacial score (nSPS) is 10.6. The Morgan fingerprint density at radius 2 is 1.54 bits per heavy atom. The number of nitrogens with zero attached hydrogens (tertiary/aromatic N) is 1. The molecule has 2 rings (SSSR count). The molecule has 2 aromatic heterocycles. The first kappa shape index (κ1) is 17.7. The number of carbonyl (C=O) groups is 3. The van der Waals surface area contributed by atoms with E-state index < -0.39 is 11.9 Å². The molecule has 6 nitrogen and oxygen atoms in total. The maximum absolute atomic E-state index is 12.5. The summed E-state index contributed by atoms with van der Waals surface area (Å²) in [5.41, 5.74) is 0.640. The average Bonchev–Trinajstić information content (AvgIpc) is 2.93.